The zero-order valence-corrected chi connectivity index (χ0v) is 17.4. The lowest BCUT2D eigenvalue weighted by atomic mass is 10.1. The van der Waals surface area contributed by atoms with E-state index >= 15 is 0 Å². The van der Waals surface area contributed by atoms with Gasteiger partial charge in [0.2, 0.25) is 15.9 Å². The van der Waals surface area contributed by atoms with Crippen LogP contribution in [-0.4, -0.2) is 62.3 Å². The molecule has 0 unspecified atom stereocenters. The number of hydrogen-bond acceptors (Lipinski definition) is 4. The first kappa shape index (κ1) is 20.8. The number of carbonyl (C=O) groups is 1. The van der Waals surface area contributed by atoms with Gasteiger partial charge in [-0.3, -0.25) is 9.69 Å². The summed E-state index contributed by atoms with van der Waals surface area (Å²) in [6.45, 7) is 6.33. The van der Waals surface area contributed by atoms with E-state index in [1.165, 1.54) is 4.31 Å². The van der Waals surface area contributed by atoms with Gasteiger partial charge in [0.05, 0.1) is 11.4 Å². The maximum absolute atomic E-state index is 13.0. The number of amides is 1. The molecule has 1 atom stereocenters. The molecule has 0 spiro atoms. The van der Waals surface area contributed by atoms with E-state index in [1.807, 2.05) is 42.2 Å². The zero-order chi connectivity index (χ0) is 20.1. The Kier molecular flexibility index (Phi) is 6.69. The lowest BCUT2D eigenvalue weighted by Gasteiger charge is -2.33. The van der Waals surface area contributed by atoms with Crippen LogP contribution in [0.2, 0.25) is 0 Å². The maximum Gasteiger partial charge on any atom is 0.243 e. The van der Waals surface area contributed by atoms with Gasteiger partial charge in [0.25, 0.3) is 0 Å². The highest BCUT2D eigenvalue weighted by molar-refractivity contribution is 7.89. The van der Waals surface area contributed by atoms with Crippen LogP contribution >= 0.6 is 0 Å². The second-order valence-electron chi connectivity index (χ2n) is 7.45. The fourth-order valence-electron chi connectivity index (χ4n) is 3.63. The minimum atomic E-state index is -3.53. The van der Waals surface area contributed by atoms with Gasteiger partial charge in [-0.1, -0.05) is 43.7 Å². The first-order chi connectivity index (χ1) is 13.4. The molecule has 3 rings (SSSR count). The Morgan fingerprint density at radius 1 is 1.07 bits per heavy atom. The van der Waals surface area contributed by atoms with E-state index in [-0.39, 0.29) is 11.9 Å². The van der Waals surface area contributed by atoms with Crippen LogP contribution in [0.3, 0.4) is 0 Å². The molecule has 1 amide bonds. The van der Waals surface area contributed by atoms with Gasteiger partial charge >= 0.3 is 0 Å². The number of fused-ring (bicyclic) bond motifs is 1. The molecule has 1 aliphatic rings. The number of nitrogens with zero attached hydrogens (tertiary/aromatic N) is 2. The van der Waals surface area contributed by atoms with Crippen molar-refractivity contribution in [3.05, 3.63) is 42.5 Å². The van der Waals surface area contributed by atoms with E-state index in [0.717, 1.165) is 23.6 Å². The molecular formula is C21H29N3O3S. The number of benzene rings is 2. The summed E-state index contributed by atoms with van der Waals surface area (Å²) >= 11 is 0. The van der Waals surface area contributed by atoms with E-state index < -0.39 is 10.0 Å². The van der Waals surface area contributed by atoms with Gasteiger partial charge in [-0.25, -0.2) is 8.42 Å². The molecule has 2 aromatic rings. The summed E-state index contributed by atoms with van der Waals surface area (Å²) < 4.78 is 27.5. The molecule has 1 aliphatic heterocycles. The normalized spacial score (nSPS) is 17.5. The Labute approximate surface area is 167 Å². The standard InChI is InChI=1S/C21H29N3O3S/c1-3-6-17(2)22-21(25)16-23-11-13-24(14-12-23)28(26,27)20-10-9-18-7-4-5-8-19(18)15-20/h4-5,7-10,15,17H,3,6,11-14,16H2,1-2H3,(H,22,25)/t17-/m1/s1. The molecule has 0 radical (unpaired) electrons. The van der Waals surface area contributed by atoms with Crippen molar-refractivity contribution in [3.8, 4) is 0 Å². The van der Waals surface area contributed by atoms with Crippen molar-refractivity contribution in [2.24, 2.45) is 0 Å². The quantitative estimate of drug-likeness (QED) is 0.771. The summed E-state index contributed by atoms with van der Waals surface area (Å²) in [7, 11) is -3.53. The molecule has 28 heavy (non-hydrogen) atoms. The highest BCUT2D eigenvalue weighted by Gasteiger charge is 2.29. The monoisotopic (exact) mass is 403 g/mol. The van der Waals surface area contributed by atoms with Gasteiger partial charge in [0, 0.05) is 32.2 Å². The molecule has 0 bridgehead atoms. The zero-order valence-electron chi connectivity index (χ0n) is 16.6. The highest BCUT2D eigenvalue weighted by atomic mass is 32.2. The fraction of sp³-hybridized carbons (Fsp3) is 0.476. The summed E-state index contributed by atoms with van der Waals surface area (Å²) in [5.74, 6) is 0.00628. The number of carbonyl (C=O) groups excluding carboxylic acids is 1. The SMILES string of the molecule is CCC[C@@H](C)NC(=O)CN1CCN(S(=O)(=O)c2ccc3ccccc3c2)CC1. The van der Waals surface area contributed by atoms with Crippen LogP contribution < -0.4 is 5.32 Å². The predicted octanol–water partition coefficient (Wildman–Crippen LogP) is 2.45. The number of rotatable bonds is 7. The third-order valence-corrected chi connectivity index (χ3v) is 7.08. The van der Waals surface area contributed by atoms with Crippen molar-refractivity contribution < 1.29 is 13.2 Å². The molecule has 7 heteroatoms. The van der Waals surface area contributed by atoms with Crippen LogP contribution in [0.15, 0.2) is 47.4 Å². The van der Waals surface area contributed by atoms with Gasteiger partial charge in [-0.05, 0) is 36.2 Å². The Balaban J connectivity index is 1.59. The average molecular weight is 404 g/mol. The Bertz CT molecular complexity index is 921. The summed E-state index contributed by atoms with van der Waals surface area (Å²) in [5.41, 5.74) is 0. The average Bonchev–Trinajstić information content (AvgIpc) is 2.68. The number of piperazine rings is 1. The molecular weight excluding hydrogens is 374 g/mol. The summed E-state index contributed by atoms with van der Waals surface area (Å²) in [4.78, 5) is 14.5. The second kappa shape index (κ2) is 9.03. The fourth-order valence-corrected chi connectivity index (χ4v) is 5.09. The third-order valence-electron chi connectivity index (χ3n) is 5.19. The third kappa shape index (κ3) is 4.90. The van der Waals surface area contributed by atoms with E-state index in [2.05, 4.69) is 12.2 Å². The van der Waals surface area contributed by atoms with E-state index in [0.29, 0.717) is 37.6 Å². The second-order valence-corrected chi connectivity index (χ2v) is 9.38. The number of sulfonamides is 1. The van der Waals surface area contributed by atoms with Crippen LogP contribution in [0.25, 0.3) is 10.8 Å². The highest BCUT2D eigenvalue weighted by Crippen LogP contribution is 2.22. The van der Waals surface area contributed by atoms with Crippen LogP contribution in [0.4, 0.5) is 0 Å². The van der Waals surface area contributed by atoms with Crippen molar-refractivity contribution in [3.63, 3.8) is 0 Å². The van der Waals surface area contributed by atoms with Gasteiger partial charge in [0.1, 0.15) is 0 Å². The van der Waals surface area contributed by atoms with Gasteiger partial charge in [0.15, 0.2) is 0 Å². The largest absolute Gasteiger partial charge is 0.353 e. The van der Waals surface area contributed by atoms with Crippen molar-refractivity contribution >= 4 is 26.7 Å². The Morgan fingerprint density at radius 3 is 2.43 bits per heavy atom. The van der Waals surface area contributed by atoms with Crippen molar-refractivity contribution in [2.75, 3.05) is 32.7 Å². The van der Waals surface area contributed by atoms with E-state index in [1.54, 1.807) is 12.1 Å². The Hall–Kier alpha value is -1.96. The van der Waals surface area contributed by atoms with Gasteiger partial charge < -0.3 is 5.32 Å². The maximum atomic E-state index is 13.0. The first-order valence-electron chi connectivity index (χ1n) is 9.91. The molecule has 1 saturated heterocycles. The lowest BCUT2D eigenvalue weighted by Crippen LogP contribution is -2.51. The molecule has 2 aromatic carbocycles. The minimum absolute atomic E-state index is 0.00628. The summed E-state index contributed by atoms with van der Waals surface area (Å²) in [6.07, 6.45) is 2.00. The summed E-state index contributed by atoms with van der Waals surface area (Å²) in [5, 5.41) is 4.94. The van der Waals surface area contributed by atoms with Crippen LogP contribution in [0, 0.1) is 0 Å². The van der Waals surface area contributed by atoms with Gasteiger partial charge in [-0.15, -0.1) is 0 Å². The molecule has 0 aliphatic carbocycles. The van der Waals surface area contributed by atoms with Crippen molar-refractivity contribution in [1.82, 2.24) is 14.5 Å². The molecule has 1 fully saturated rings. The predicted molar refractivity (Wildman–Crippen MR) is 112 cm³/mol. The first-order valence-corrected chi connectivity index (χ1v) is 11.3. The van der Waals surface area contributed by atoms with Crippen LogP contribution in [0.1, 0.15) is 26.7 Å². The van der Waals surface area contributed by atoms with E-state index in [9.17, 15) is 13.2 Å². The van der Waals surface area contributed by atoms with Gasteiger partial charge in [-0.2, -0.15) is 4.31 Å². The van der Waals surface area contributed by atoms with Crippen LogP contribution in [0.5, 0.6) is 0 Å². The van der Waals surface area contributed by atoms with Crippen molar-refractivity contribution in [2.45, 2.75) is 37.6 Å². The Morgan fingerprint density at radius 2 is 1.75 bits per heavy atom. The van der Waals surface area contributed by atoms with Crippen LogP contribution in [-0.2, 0) is 14.8 Å². The topological polar surface area (TPSA) is 69.7 Å². The van der Waals surface area contributed by atoms with E-state index in [4.69, 9.17) is 0 Å². The molecule has 0 aromatic heterocycles. The number of hydrogen-bond donors (Lipinski definition) is 1. The molecule has 1 N–H and O–H groups in total. The number of nitrogens with one attached hydrogen (secondary N) is 1. The lowest BCUT2D eigenvalue weighted by molar-refractivity contribution is -0.123. The molecule has 1 heterocycles. The smallest absolute Gasteiger partial charge is 0.243 e. The summed E-state index contributed by atoms with van der Waals surface area (Å²) in [6, 6.07) is 13.2. The molecule has 6 nitrogen and oxygen atoms in total. The minimum Gasteiger partial charge on any atom is -0.353 e. The van der Waals surface area contributed by atoms with Crippen molar-refractivity contribution in [1.29, 1.82) is 0 Å². The molecule has 152 valence electrons. The molecule has 0 saturated carbocycles.